The number of alkyl halides is 1. The van der Waals surface area contributed by atoms with Gasteiger partial charge in [0.1, 0.15) is 24.3 Å². The minimum Gasteiger partial charge on any atom is -0.508 e. The van der Waals surface area contributed by atoms with Crippen LogP contribution in [0.1, 0.15) is 35.2 Å². The van der Waals surface area contributed by atoms with Gasteiger partial charge in [0, 0.05) is 37.4 Å². The van der Waals surface area contributed by atoms with E-state index < -0.39 is 6.17 Å². The Kier molecular flexibility index (Phi) is 9.56. The van der Waals surface area contributed by atoms with Crippen LogP contribution in [0, 0.1) is 0 Å². The molecule has 3 aromatic carbocycles. The molecule has 2 N–H and O–H groups in total. The lowest BCUT2D eigenvalue weighted by atomic mass is 9.98. The maximum atomic E-state index is 12.5. The van der Waals surface area contributed by atoms with Crippen LogP contribution < -0.4 is 15.0 Å². The van der Waals surface area contributed by atoms with Crippen LogP contribution in [0.2, 0.25) is 0 Å². The van der Waals surface area contributed by atoms with E-state index in [0.29, 0.717) is 25.3 Å². The van der Waals surface area contributed by atoms with E-state index in [1.807, 2.05) is 54.6 Å². The quantitative estimate of drug-likeness (QED) is 0.478. The number of phenolic OH excluding ortho intramolecular Hbond substituents is 1. The Morgan fingerprint density at radius 1 is 0.921 bits per heavy atom. The number of amides is 2. The Morgan fingerprint density at radius 3 is 2.21 bits per heavy atom. The highest BCUT2D eigenvalue weighted by molar-refractivity contribution is 5.96. The molecule has 0 bridgehead atoms. The first-order valence-electron chi connectivity index (χ1n) is 13.0. The van der Waals surface area contributed by atoms with E-state index in [2.05, 4.69) is 10.2 Å². The van der Waals surface area contributed by atoms with Gasteiger partial charge in [-0.3, -0.25) is 9.59 Å². The molecule has 1 aliphatic carbocycles. The Balaban J connectivity index is 0.000000603. The molecule has 1 saturated heterocycles. The predicted molar refractivity (Wildman–Crippen MR) is 145 cm³/mol. The molecule has 200 valence electrons. The van der Waals surface area contributed by atoms with E-state index >= 15 is 0 Å². The van der Waals surface area contributed by atoms with E-state index in [9.17, 15) is 19.1 Å². The summed E-state index contributed by atoms with van der Waals surface area (Å²) in [4.78, 5) is 28.7. The fourth-order valence-corrected chi connectivity index (χ4v) is 4.08. The Bertz CT molecular complexity index is 1180. The number of hydrogen-bond donors (Lipinski definition) is 2. The summed E-state index contributed by atoms with van der Waals surface area (Å²) in [6, 6.07) is 24.1. The van der Waals surface area contributed by atoms with Crippen LogP contribution in [0.4, 0.5) is 10.1 Å². The molecule has 2 aliphatic rings. The van der Waals surface area contributed by atoms with Crippen molar-refractivity contribution in [2.24, 2.45) is 0 Å². The molecule has 8 heteroatoms. The molecule has 0 aromatic heterocycles. The molecule has 1 saturated carbocycles. The Morgan fingerprint density at radius 2 is 1.61 bits per heavy atom. The maximum Gasteiger partial charge on any atom is 0.251 e. The fourth-order valence-electron chi connectivity index (χ4n) is 4.08. The highest BCUT2D eigenvalue weighted by Crippen LogP contribution is 2.22. The number of carbonyl (C=O) groups is 2. The molecule has 0 atom stereocenters. The van der Waals surface area contributed by atoms with Crippen molar-refractivity contribution in [1.82, 2.24) is 10.2 Å². The number of halogens is 1. The molecule has 0 radical (unpaired) electrons. The lowest BCUT2D eigenvalue weighted by molar-refractivity contribution is -0.130. The third kappa shape index (κ3) is 7.96. The number of nitrogens with zero attached hydrogens (tertiary/aromatic N) is 2. The molecule has 1 aliphatic heterocycles. The number of phenols is 1. The van der Waals surface area contributed by atoms with E-state index in [-0.39, 0.29) is 24.1 Å². The lowest BCUT2D eigenvalue weighted by Gasteiger charge is -2.36. The summed E-state index contributed by atoms with van der Waals surface area (Å²) in [7, 11) is 0. The second-order valence-electron chi connectivity index (χ2n) is 9.40. The summed E-state index contributed by atoms with van der Waals surface area (Å²) in [6.45, 7) is 3.08. The number of aromatic hydroxyl groups is 1. The zero-order valence-electron chi connectivity index (χ0n) is 21.4. The number of carbonyl (C=O) groups excluding carboxylic acids is 2. The number of nitrogens with one attached hydrogen (secondary N) is 1. The second kappa shape index (κ2) is 13.5. The minimum absolute atomic E-state index is 0.0147. The summed E-state index contributed by atoms with van der Waals surface area (Å²) in [5, 5.41) is 12.1. The molecule has 0 unspecified atom stereocenters. The van der Waals surface area contributed by atoms with Gasteiger partial charge in [0.25, 0.3) is 5.91 Å². The van der Waals surface area contributed by atoms with Crippen molar-refractivity contribution in [3.8, 4) is 11.5 Å². The van der Waals surface area contributed by atoms with E-state index in [1.165, 1.54) is 12.1 Å². The normalized spacial score (nSPS) is 15.1. The lowest BCUT2D eigenvalue weighted by Crippen LogP contribution is -2.51. The molecule has 2 fully saturated rings. The van der Waals surface area contributed by atoms with Crippen molar-refractivity contribution in [3.05, 3.63) is 90.0 Å². The third-order valence-electron chi connectivity index (χ3n) is 6.63. The molecule has 1 heterocycles. The summed E-state index contributed by atoms with van der Waals surface area (Å²) in [6.07, 6.45) is 2.32. The van der Waals surface area contributed by atoms with Gasteiger partial charge in [0.2, 0.25) is 5.91 Å². The molecule has 5 rings (SSSR count). The van der Waals surface area contributed by atoms with Crippen molar-refractivity contribution < 1.29 is 23.8 Å². The highest BCUT2D eigenvalue weighted by Gasteiger charge is 2.22. The first-order chi connectivity index (χ1) is 18.5. The summed E-state index contributed by atoms with van der Waals surface area (Å²) in [5.74, 6) is 0.333. The van der Waals surface area contributed by atoms with Gasteiger partial charge in [-0.1, -0.05) is 36.4 Å². The summed E-state index contributed by atoms with van der Waals surface area (Å²) >= 11 is 0. The molecule has 7 nitrogen and oxygen atoms in total. The standard InChI is InChI=1S/C26H27N3O4.C4H7F/c30-23-8-4-7-21(17-23)26(32)27-18-25(31)29-15-13-28(14-16-29)22-9-11-24(12-10-22)33-19-20-5-2-1-3-6-20;5-4-2-1-3-4/h1-12,17,30H,13-16,18-19H2,(H,27,32);4H,1-3H2. The predicted octanol–water partition coefficient (Wildman–Crippen LogP) is 4.56. The summed E-state index contributed by atoms with van der Waals surface area (Å²) < 4.78 is 17.4. The average Bonchev–Trinajstić information content (AvgIpc) is 2.95. The van der Waals surface area contributed by atoms with Crippen molar-refractivity contribution in [2.45, 2.75) is 32.0 Å². The molecular weight excluding hydrogens is 485 g/mol. The van der Waals surface area contributed by atoms with Gasteiger partial charge < -0.3 is 25.0 Å². The van der Waals surface area contributed by atoms with Crippen molar-refractivity contribution >= 4 is 17.5 Å². The zero-order valence-corrected chi connectivity index (χ0v) is 21.4. The van der Waals surface area contributed by atoms with Crippen LogP contribution in [-0.2, 0) is 11.4 Å². The smallest absolute Gasteiger partial charge is 0.251 e. The van der Waals surface area contributed by atoms with Gasteiger partial charge in [0.15, 0.2) is 0 Å². The largest absolute Gasteiger partial charge is 0.508 e. The fraction of sp³-hybridized carbons (Fsp3) is 0.333. The molecule has 2 amide bonds. The van der Waals surface area contributed by atoms with Gasteiger partial charge in [-0.15, -0.1) is 0 Å². The van der Waals surface area contributed by atoms with Gasteiger partial charge in [-0.2, -0.15) is 0 Å². The van der Waals surface area contributed by atoms with Gasteiger partial charge in [0.05, 0.1) is 6.54 Å². The van der Waals surface area contributed by atoms with Gasteiger partial charge >= 0.3 is 0 Å². The van der Waals surface area contributed by atoms with Crippen LogP contribution >= 0.6 is 0 Å². The van der Waals surface area contributed by atoms with E-state index in [0.717, 1.165) is 49.4 Å². The average molecular weight is 520 g/mol. The zero-order chi connectivity index (χ0) is 26.7. The number of hydrogen-bond acceptors (Lipinski definition) is 5. The Labute approximate surface area is 222 Å². The third-order valence-corrected chi connectivity index (χ3v) is 6.63. The van der Waals surface area contributed by atoms with Crippen molar-refractivity contribution in [3.63, 3.8) is 0 Å². The van der Waals surface area contributed by atoms with Crippen molar-refractivity contribution in [1.29, 1.82) is 0 Å². The number of ether oxygens (including phenoxy) is 1. The topological polar surface area (TPSA) is 82.1 Å². The van der Waals surface area contributed by atoms with Gasteiger partial charge in [-0.25, -0.2) is 4.39 Å². The Hall–Kier alpha value is -4.07. The van der Waals surface area contributed by atoms with Crippen molar-refractivity contribution in [2.75, 3.05) is 37.6 Å². The van der Waals surface area contributed by atoms with E-state index in [1.54, 1.807) is 17.0 Å². The van der Waals surface area contributed by atoms with Gasteiger partial charge in [-0.05, 0) is 67.3 Å². The number of piperazine rings is 1. The first-order valence-corrected chi connectivity index (χ1v) is 13.0. The molecule has 0 spiro atoms. The number of anilines is 1. The summed E-state index contributed by atoms with van der Waals surface area (Å²) in [5.41, 5.74) is 2.54. The minimum atomic E-state index is -0.435. The molecule has 38 heavy (non-hydrogen) atoms. The van der Waals surface area contributed by atoms with Crippen LogP contribution in [0.3, 0.4) is 0 Å². The molecule has 3 aromatic rings. The van der Waals surface area contributed by atoms with E-state index in [4.69, 9.17) is 4.74 Å². The highest BCUT2D eigenvalue weighted by atomic mass is 19.1. The molecular formula is C30H34FN3O4. The second-order valence-corrected chi connectivity index (χ2v) is 9.40. The van der Waals surface area contributed by atoms with Crippen LogP contribution in [0.15, 0.2) is 78.9 Å². The first kappa shape index (κ1) is 27.0. The monoisotopic (exact) mass is 519 g/mol. The maximum absolute atomic E-state index is 12.5. The number of rotatable bonds is 7. The SMILES string of the molecule is FC1CCC1.O=C(NCC(=O)N1CCN(c2ccc(OCc3ccccc3)cc2)CC1)c1cccc(O)c1. The van der Waals surface area contributed by atoms with Crippen LogP contribution in [-0.4, -0.2) is 60.7 Å². The number of benzene rings is 3. The van der Waals surface area contributed by atoms with Crippen LogP contribution in [0.5, 0.6) is 11.5 Å². The van der Waals surface area contributed by atoms with Crippen LogP contribution in [0.25, 0.3) is 0 Å².